The lowest BCUT2D eigenvalue weighted by Gasteiger charge is -2.14. The van der Waals surface area contributed by atoms with Gasteiger partial charge in [0.1, 0.15) is 4.32 Å². The molecule has 0 spiro atoms. The van der Waals surface area contributed by atoms with Crippen molar-refractivity contribution in [3.8, 4) is 0 Å². The molecule has 1 saturated heterocycles. The normalized spacial score (nSPS) is 15.6. The average molecular weight is 251 g/mol. The maximum Gasteiger partial charge on any atom is 0.232 e. The number of benzene rings is 1. The molecule has 84 valence electrons. The van der Waals surface area contributed by atoms with Crippen LogP contribution < -0.4 is 0 Å². The maximum atomic E-state index is 12.0. The van der Waals surface area contributed by atoms with E-state index in [1.54, 1.807) is 16.7 Å². The first-order valence-electron chi connectivity index (χ1n) is 5.19. The van der Waals surface area contributed by atoms with Crippen LogP contribution in [-0.4, -0.2) is 27.4 Å². The third kappa shape index (κ3) is 2.62. The zero-order valence-corrected chi connectivity index (χ0v) is 10.7. The zero-order chi connectivity index (χ0) is 11.5. The van der Waals surface area contributed by atoms with E-state index in [0.29, 0.717) is 6.42 Å². The van der Waals surface area contributed by atoms with Gasteiger partial charge in [-0.3, -0.25) is 9.69 Å². The number of hydrogen-bond donors (Lipinski definition) is 0. The Morgan fingerprint density at radius 1 is 1.56 bits per heavy atom. The molecule has 0 atom stereocenters. The van der Waals surface area contributed by atoms with E-state index >= 15 is 0 Å². The SMILES string of the molecule is Cc1cccc(CC(=O)N2CCSC2=S)c1. The lowest BCUT2D eigenvalue weighted by molar-refractivity contribution is -0.126. The lowest BCUT2D eigenvalue weighted by Crippen LogP contribution is -2.31. The van der Waals surface area contributed by atoms with Crippen molar-refractivity contribution < 1.29 is 4.79 Å². The van der Waals surface area contributed by atoms with E-state index in [1.165, 1.54) is 5.56 Å². The summed E-state index contributed by atoms with van der Waals surface area (Å²) >= 11 is 6.71. The predicted molar refractivity (Wildman–Crippen MR) is 71.7 cm³/mol. The Kier molecular flexibility index (Phi) is 3.61. The Morgan fingerprint density at radius 2 is 2.38 bits per heavy atom. The summed E-state index contributed by atoms with van der Waals surface area (Å²) in [5, 5.41) is 0. The standard InChI is InChI=1S/C12H13NOS2/c1-9-3-2-4-10(7-9)8-11(14)13-5-6-16-12(13)15/h2-4,7H,5-6,8H2,1H3. The molecule has 0 unspecified atom stereocenters. The molecule has 0 aliphatic carbocycles. The number of amides is 1. The van der Waals surface area contributed by atoms with Gasteiger partial charge in [0.15, 0.2) is 0 Å². The van der Waals surface area contributed by atoms with Crippen LogP contribution in [-0.2, 0) is 11.2 Å². The third-order valence-corrected chi connectivity index (χ3v) is 3.93. The molecule has 2 nitrogen and oxygen atoms in total. The summed E-state index contributed by atoms with van der Waals surface area (Å²) in [4.78, 5) is 13.7. The summed E-state index contributed by atoms with van der Waals surface area (Å²) in [5.41, 5.74) is 2.24. The van der Waals surface area contributed by atoms with Crippen LogP contribution in [0, 0.1) is 6.92 Å². The second-order valence-electron chi connectivity index (χ2n) is 3.83. The molecule has 2 rings (SSSR count). The van der Waals surface area contributed by atoms with E-state index < -0.39 is 0 Å². The van der Waals surface area contributed by atoms with Crippen molar-refractivity contribution >= 4 is 34.2 Å². The number of hydrogen-bond acceptors (Lipinski definition) is 3. The van der Waals surface area contributed by atoms with E-state index in [-0.39, 0.29) is 5.91 Å². The van der Waals surface area contributed by atoms with Crippen molar-refractivity contribution in [1.82, 2.24) is 4.90 Å². The smallest absolute Gasteiger partial charge is 0.232 e. The summed E-state index contributed by atoms with van der Waals surface area (Å²) in [5.74, 6) is 1.04. The minimum absolute atomic E-state index is 0.112. The Hall–Kier alpha value is -0.870. The van der Waals surface area contributed by atoms with Crippen molar-refractivity contribution in [3.05, 3.63) is 35.4 Å². The van der Waals surface area contributed by atoms with Crippen LogP contribution in [0.25, 0.3) is 0 Å². The molecule has 1 aliphatic rings. The van der Waals surface area contributed by atoms with Gasteiger partial charge in [0.05, 0.1) is 6.42 Å². The topological polar surface area (TPSA) is 20.3 Å². The Balaban J connectivity index is 2.04. The molecule has 0 saturated carbocycles. The fraction of sp³-hybridized carbons (Fsp3) is 0.333. The first-order chi connectivity index (χ1) is 7.66. The van der Waals surface area contributed by atoms with Gasteiger partial charge in [0, 0.05) is 12.3 Å². The molecule has 1 aliphatic heterocycles. The van der Waals surface area contributed by atoms with Crippen molar-refractivity contribution in [1.29, 1.82) is 0 Å². The van der Waals surface area contributed by atoms with Crippen molar-refractivity contribution in [2.24, 2.45) is 0 Å². The number of carbonyl (C=O) groups excluding carboxylic acids is 1. The second-order valence-corrected chi connectivity index (χ2v) is 5.55. The largest absolute Gasteiger partial charge is 0.297 e. The molecule has 1 heterocycles. The van der Waals surface area contributed by atoms with E-state index in [0.717, 1.165) is 22.2 Å². The van der Waals surface area contributed by atoms with Crippen LogP contribution in [0.5, 0.6) is 0 Å². The van der Waals surface area contributed by atoms with Crippen LogP contribution in [0.2, 0.25) is 0 Å². The van der Waals surface area contributed by atoms with Gasteiger partial charge in [-0.25, -0.2) is 0 Å². The van der Waals surface area contributed by atoms with Gasteiger partial charge in [-0.2, -0.15) is 0 Å². The van der Waals surface area contributed by atoms with Crippen molar-refractivity contribution in [2.45, 2.75) is 13.3 Å². The lowest BCUT2D eigenvalue weighted by atomic mass is 10.1. The molecule has 1 fully saturated rings. The Labute approximate surface area is 105 Å². The van der Waals surface area contributed by atoms with Gasteiger partial charge in [-0.05, 0) is 12.5 Å². The number of thioether (sulfide) groups is 1. The monoisotopic (exact) mass is 251 g/mol. The fourth-order valence-corrected chi connectivity index (χ4v) is 2.95. The highest BCUT2D eigenvalue weighted by molar-refractivity contribution is 8.23. The summed E-state index contributed by atoms with van der Waals surface area (Å²) < 4.78 is 0.720. The van der Waals surface area contributed by atoms with Gasteiger partial charge < -0.3 is 0 Å². The maximum absolute atomic E-state index is 12.0. The number of thiocarbonyl (C=S) groups is 1. The van der Waals surface area contributed by atoms with Crippen molar-refractivity contribution in [2.75, 3.05) is 12.3 Å². The zero-order valence-electron chi connectivity index (χ0n) is 9.10. The fourth-order valence-electron chi connectivity index (χ4n) is 1.71. The van der Waals surface area contributed by atoms with Gasteiger partial charge >= 0.3 is 0 Å². The highest BCUT2D eigenvalue weighted by Gasteiger charge is 2.23. The van der Waals surface area contributed by atoms with Crippen LogP contribution in [0.4, 0.5) is 0 Å². The van der Waals surface area contributed by atoms with Gasteiger partial charge in [-0.15, -0.1) is 0 Å². The molecule has 0 aromatic heterocycles. The van der Waals surface area contributed by atoms with E-state index in [2.05, 4.69) is 0 Å². The molecule has 1 aromatic rings. The van der Waals surface area contributed by atoms with E-state index in [1.807, 2.05) is 31.2 Å². The highest BCUT2D eigenvalue weighted by atomic mass is 32.2. The molecule has 4 heteroatoms. The van der Waals surface area contributed by atoms with Gasteiger partial charge in [-0.1, -0.05) is 53.8 Å². The van der Waals surface area contributed by atoms with Crippen molar-refractivity contribution in [3.63, 3.8) is 0 Å². The number of carbonyl (C=O) groups is 1. The van der Waals surface area contributed by atoms with Crippen LogP contribution >= 0.6 is 24.0 Å². The minimum Gasteiger partial charge on any atom is -0.297 e. The van der Waals surface area contributed by atoms with E-state index in [9.17, 15) is 4.79 Å². The summed E-state index contributed by atoms with van der Waals surface area (Å²) in [6.45, 7) is 2.79. The molecular formula is C12H13NOS2. The first-order valence-corrected chi connectivity index (χ1v) is 6.59. The van der Waals surface area contributed by atoms with Crippen LogP contribution in [0.3, 0.4) is 0 Å². The van der Waals surface area contributed by atoms with Crippen LogP contribution in [0.15, 0.2) is 24.3 Å². The predicted octanol–water partition coefficient (Wildman–Crippen LogP) is 2.40. The molecule has 1 amide bonds. The molecular weight excluding hydrogens is 238 g/mol. The minimum atomic E-state index is 0.112. The number of rotatable bonds is 2. The summed E-state index contributed by atoms with van der Waals surface area (Å²) in [6.07, 6.45) is 0.447. The first kappa shape index (κ1) is 11.6. The van der Waals surface area contributed by atoms with Gasteiger partial charge in [0.25, 0.3) is 0 Å². The Bertz CT molecular complexity index is 431. The Morgan fingerprint density at radius 3 is 3.00 bits per heavy atom. The quantitative estimate of drug-likeness (QED) is 0.753. The number of aryl methyl sites for hydroxylation is 1. The molecule has 16 heavy (non-hydrogen) atoms. The van der Waals surface area contributed by atoms with Crippen LogP contribution in [0.1, 0.15) is 11.1 Å². The third-order valence-electron chi connectivity index (χ3n) is 2.50. The van der Waals surface area contributed by atoms with E-state index in [4.69, 9.17) is 12.2 Å². The average Bonchev–Trinajstić information content (AvgIpc) is 2.64. The molecule has 0 N–H and O–H groups in total. The molecule has 1 aromatic carbocycles. The van der Waals surface area contributed by atoms with Gasteiger partial charge in [0.2, 0.25) is 5.91 Å². The molecule has 0 radical (unpaired) electrons. The summed E-state index contributed by atoms with van der Waals surface area (Å²) in [7, 11) is 0. The number of nitrogens with zero attached hydrogens (tertiary/aromatic N) is 1. The second kappa shape index (κ2) is 4.97. The molecule has 0 bridgehead atoms. The summed E-state index contributed by atoms with van der Waals surface area (Å²) in [6, 6.07) is 8.04. The highest BCUT2D eigenvalue weighted by Crippen LogP contribution is 2.19.